The number of ether oxygens (including phenoxy) is 1. The summed E-state index contributed by atoms with van der Waals surface area (Å²) in [5, 5.41) is 26.5. The molecule has 1 aliphatic heterocycles. The van der Waals surface area contributed by atoms with Crippen LogP contribution in [0.4, 0.5) is 0 Å². The quantitative estimate of drug-likeness (QED) is 0.464. The second-order valence-electron chi connectivity index (χ2n) is 3.34. The van der Waals surface area contributed by atoms with E-state index in [0.29, 0.717) is 12.8 Å². The minimum absolute atomic E-state index is 0.145. The smallest absolute Gasteiger partial charge is 0.217 e. The molecule has 1 heterocycles. The van der Waals surface area contributed by atoms with E-state index < -0.39 is 18.5 Å². The summed E-state index contributed by atoms with van der Waals surface area (Å²) in [5.74, 6) is -0.245. The van der Waals surface area contributed by atoms with Gasteiger partial charge in [-0.3, -0.25) is 4.79 Å². The monoisotopic (exact) mass is 221 g/mol. The molecule has 1 amide bonds. The molecular formula is C9H19NO5. The Kier molecular flexibility index (Phi) is 7.23. The van der Waals surface area contributed by atoms with Gasteiger partial charge in [-0.15, -0.1) is 0 Å². The Morgan fingerprint density at radius 3 is 2.33 bits per heavy atom. The Hall–Kier alpha value is -0.690. The maximum atomic E-state index is 9.59. The first-order valence-corrected chi connectivity index (χ1v) is 4.90. The number of nitrogens with two attached hydrogens (primary N) is 1. The fourth-order valence-corrected chi connectivity index (χ4v) is 1.08. The zero-order valence-electron chi connectivity index (χ0n) is 8.80. The topological polar surface area (TPSA) is 113 Å². The maximum absolute atomic E-state index is 9.59. The van der Waals surface area contributed by atoms with Crippen molar-refractivity contribution in [3.63, 3.8) is 0 Å². The first-order chi connectivity index (χ1) is 6.99. The zero-order chi connectivity index (χ0) is 11.8. The highest BCUT2D eigenvalue weighted by molar-refractivity contribution is 5.73. The third-order valence-corrected chi connectivity index (χ3v) is 1.91. The molecule has 6 heteroatoms. The Labute approximate surface area is 88.7 Å². The van der Waals surface area contributed by atoms with E-state index in [1.54, 1.807) is 6.92 Å². The molecule has 0 spiro atoms. The molecule has 0 radical (unpaired) electrons. The molecule has 1 fully saturated rings. The third-order valence-electron chi connectivity index (χ3n) is 1.91. The average molecular weight is 221 g/mol. The summed E-state index contributed by atoms with van der Waals surface area (Å²) in [5.41, 5.74) is 4.65. The van der Waals surface area contributed by atoms with E-state index in [1.165, 1.54) is 0 Å². The normalized spacial score (nSPS) is 30.3. The van der Waals surface area contributed by atoms with Crippen molar-refractivity contribution in [2.45, 2.75) is 44.7 Å². The van der Waals surface area contributed by atoms with Crippen LogP contribution in [0.3, 0.4) is 0 Å². The fourth-order valence-electron chi connectivity index (χ4n) is 1.08. The van der Waals surface area contributed by atoms with Crippen molar-refractivity contribution in [1.29, 1.82) is 0 Å². The second-order valence-corrected chi connectivity index (χ2v) is 3.34. The molecule has 3 unspecified atom stereocenters. The van der Waals surface area contributed by atoms with E-state index in [2.05, 4.69) is 5.73 Å². The van der Waals surface area contributed by atoms with E-state index in [0.717, 1.165) is 0 Å². The molecule has 3 atom stereocenters. The molecule has 0 aromatic rings. The molecular weight excluding hydrogens is 202 g/mol. The molecule has 1 aliphatic rings. The summed E-state index contributed by atoms with van der Waals surface area (Å²) in [6, 6.07) is 0. The van der Waals surface area contributed by atoms with Crippen LogP contribution in [-0.4, -0.2) is 46.3 Å². The summed E-state index contributed by atoms with van der Waals surface area (Å²) in [4.78, 5) is 9.59. The van der Waals surface area contributed by atoms with Crippen molar-refractivity contribution in [1.82, 2.24) is 0 Å². The highest BCUT2D eigenvalue weighted by Crippen LogP contribution is 2.17. The van der Waals surface area contributed by atoms with Gasteiger partial charge >= 0.3 is 0 Å². The third kappa shape index (κ3) is 7.26. The number of amides is 1. The van der Waals surface area contributed by atoms with Crippen molar-refractivity contribution in [3.05, 3.63) is 0 Å². The van der Waals surface area contributed by atoms with Gasteiger partial charge in [-0.2, -0.15) is 0 Å². The molecule has 90 valence electrons. The predicted octanol–water partition coefficient (Wildman–Crippen LogP) is -1.28. The number of hydrogen-bond acceptors (Lipinski definition) is 5. The van der Waals surface area contributed by atoms with E-state index in [-0.39, 0.29) is 18.9 Å². The standard InChI is InChI=1S/C6H12O4.C3H7NO/c7-3-5-1-4(8)2-6(9)10-5;1-2-3(4)5/h4-9H,1-3H2;2H2,1H3,(H2,4,5). The van der Waals surface area contributed by atoms with Gasteiger partial charge in [0, 0.05) is 19.3 Å². The van der Waals surface area contributed by atoms with Crippen LogP contribution in [0, 0.1) is 0 Å². The van der Waals surface area contributed by atoms with Gasteiger partial charge in [0.1, 0.15) is 0 Å². The molecule has 0 aromatic heterocycles. The Morgan fingerprint density at radius 1 is 1.47 bits per heavy atom. The summed E-state index contributed by atoms with van der Waals surface area (Å²) in [7, 11) is 0. The molecule has 6 nitrogen and oxygen atoms in total. The van der Waals surface area contributed by atoms with Crippen molar-refractivity contribution >= 4 is 5.91 Å². The lowest BCUT2D eigenvalue weighted by Crippen LogP contribution is -2.37. The molecule has 15 heavy (non-hydrogen) atoms. The van der Waals surface area contributed by atoms with Crippen LogP contribution in [0.2, 0.25) is 0 Å². The van der Waals surface area contributed by atoms with E-state index >= 15 is 0 Å². The fraction of sp³-hybridized carbons (Fsp3) is 0.889. The summed E-state index contributed by atoms with van der Waals surface area (Å²) >= 11 is 0. The highest BCUT2D eigenvalue weighted by atomic mass is 16.6. The highest BCUT2D eigenvalue weighted by Gasteiger charge is 2.25. The van der Waals surface area contributed by atoms with Gasteiger partial charge in [-0.1, -0.05) is 6.92 Å². The van der Waals surface area contributed by atoms with Crippen LogP contribution in [-0.2, 0) is 9.53 Å². The first-order valence-electron chi connectivity index (χ1n) is 4.90. The summed E-state index contributed by atoms with van der Waals surface area (Å²) in [6.07, 6.45) is -0.759. The van der Waals surface area contributed by atoms with Gasteiger partial charge in [-0.25, -0.2) is 0 Å². The predicted molar refractivity (Wildman–Crippen MR) is 52.7 cm³/mol. The van der Waals surface area contributed by atoms with Gasteiger partial charge in [0.2, 0.25) is 5.91 Å². The molecule has 0 bridgehead atoms. The average Bonchev–Trinajstić information content (AvgIpc) is 2.17. The molecule has 1 saturated heterocycles. The van der Waals surface area contributed by atoms with Gasteiger partial charge in [0.15, 0.2) is 6.29 Å². The van der Waals surface area contributed by atoms with Gasteiger partial charge in [-0.05, 0) is 0 Å². The van der Waals surface area contributed by atoms with Crippen LogP contribution in [0.1, 0.15) is 26.2 Å². The lowest BCUT2D eigenvalue weighted by atomic mass is 10.1. The van der Waals surface area contributed by atoms with Crippen LogP contribution in [0.15, 0.2) is 0 Å². The number of hydrogen-bond donors (Lipinski definition) is 4. The second kappa shape index (κ2) is 7.58. The lowest BCUT2D eigenvalue weighted by Gasteiger charge is -2.28. The Morgan fingerprint density at radius 2 is 2.00 bits per heavy atom. The van der Waals surface area contributed by atoms with Crippen molar-refractivity contribution < 1.29 is 24.9 Å². The molecule has 0 saturated carbocycles. The van der Waals surface area contributed by atoms with E-state index in [9.17, 15) is 4.79 Å². The molecule has 0 aromatic carbocycles. The maximum Gasteiger partial charge on any atom is 0.217 e. The van der Waals surface area contributed by atoms with Gasteiger partial charge in [0.05, 0.1) is 18.8 Å². The van der Waals surface area contributed by atoms with Crippen molar-refractivity contribution in [2.24, 2.45) is 5.73 Å². The number of carbonyl (C=O) groups excluding carboxylic acids is 1. The van der Waals surface area contributed by atoms with E-state index in [1.807, 2.05) is 0 Å². The summed E-state index contributed by atoms with van der Waals surface area (Å²) in [6.45, 7) is 1.58. The summed E-state index contributed by atoms with van der Waals surface area (Å²) < 4.78 is 4.85. The van der Waals surface area contributed by atoms with Crippen LogP contribution < -0.4 is 5.73 Å². The number of aliphatic hydroxyl groups is 3. The number of primary amides is 1. The first kappa shape index (κ1) is 14.3. The molecule has 0 aliphatic carbocycles. The SMILES string of the molecule is CCC(N)=O.OCC1CC(O)CC(O)O1. The van der Waals surface area contributed by atoms with Gasteiger partial charge in [0.25, 0.3) is 0 Å². The minimum Gasteiger partial charge on any atom is -0.394 e. The Balaban J connectivity index is 0.000000336. The number of carbonyl (C=O) groups is 1. The minimum atomic E-state index is -0.916. The van der Waals surface area contributed by atoms with Crippen LogP contribution in [0.5, 0.6) is 0 Å². The van der Waals surface area contributed by atoms with Crippen LogP contribution >= 0.6 is 0 Å². The van der Waals surface area contributed by atoms with E-state index in [4.69, 9.17) is 20.1 Å². The van der Waals surface area contributed by atoms with Crippen LogP contribution in [0.25, 0.3) is 0 Å². The Bertz CT molecular complexity index is 177. The number of aliphatic hydroxyl groups excluding tert-OH is 3. The largest absolute Gasteiger partial charge is 0.394 e. The molecule has 1 rings (SSSR count). The number of rotatable bonds is 2. The van der Waals surface area contributed by atoms with Crippen molar-refractivity contribution in [2.75, 3.05) is 6.61 Å². The zero-order valence-corrected chi connectivity index (χ0v) is 8.80. The molecule has 5 N–H and O–H groups in total. The van der Waals surface area contributed by atoms with Gasteiger partial charge < -0.3 is 25.8 Å². The van der Waals surface area contributed by atoms with Crippen molar-refractivity contribution in [3.8, 4) is 0 Å². The lowest BCUT2D eigenvalue weighted by molar-refractivity contribution is -0.197.